The van der Waals surface area contributed by atoms with Crippen LogP contribution in [0.25, 0.3) is 0 Å². The largest absolute Gasteiger partial charge is 0.425 e. The van der Waals surface area contributed by atoms with Crippen LogP contribution >= 0.6 is 0 Å². The van der Waals surface area contributed by atoms with Crippen molar-refractivity contribution in [1.29, 1.82) is 0 Å². The van der Waals surface area contributed by atoms with Crippen molar-refractivity contribution in [2.75, 3.05) is 7.11 Å². The Balaban J connectivity index is 2.11. The van der Waals surface area contributed by atoms with Crippen LogP contribution in [0.1, 0.15) is 39.5 Å². The zero-order chi connectivity index (χ0) is 14.8. The fourth-order valence-corrected chi connectivity index (χ4v) is 4.34. The summed E-state index contributed by atoms with van der Waals surface area (Å²) in [6.07, 6.45) is 4.47. The molecular formula is C16H22O4. The lowest BCUT2D eigenvalue weighted by Crippen LogP contribution is -2.51. The van der Waals surface area contributed by atoms with E-state index in [4.69, 9.17) is 9.47 Å². The molecule has 0 aromatic heterocycles. The van der Waals surface area contributed by atoms with Gasteiger partial charge in [0, 0.05) is 24.7 Å². The molecule has 0 radical (unpaired) electrons. The predicted molar refractivity (Wildman–Crippen MR) is 73.7 cm³/mol. The molecule has 20 heavy (non-hydrogen) atoms. The molecule has 0 aromatic rings. The number of ether oxygens (including phenoxy) is 2. The van der Waals surface area contributed by atoms with Gasteiger partial charge in [0.05, 0.1) is 5.60 Å². The summed E-state index contributed by atoms with van der Waals surface area (Å²) in [6, 6.07) is 0. The van der Waals surface area contributed by atoms with E-state index in [-0.39, 0.29) is 17.3 Å². The quantitative estimate of drug-likeness (QED) is 0.591. The number of aliphatic hydroxyl groups is 1. The lowest BCUT2D eigenvalue weighted by Gasteiger charge is -2.49. The molecule has 1 heterocycles. The molecule has 0 spiro atoms. The second-order valence-corrected chi connectivity index (χ2v) is 6.88. The number of fused-ring (bicyclic) bond motifs is 4. The van der Waals surface area contributed by atoms with E-state index in [0.717, 1.165) is 30.4 Å². The van der Waals surface area contributed by atoms with Crippen molar-refractivity contribution in [1.82, 2.24) is 0 Å². The average Bonchev–Trinajstić information content (AvgIpc) is 2.66. The highest BCUT2D eigenvalue weighted by Gasteiger charge is 2.59. The molecule has 1 N–H and O–H groups in total. The Labute approximate surface area is 119 Å². The molecule has 1 aliphatic heterocycles. The van der Waals surface area contributed by atoms with Crippen molar-refractivity contribution in [3.8, 4) is 0 Å². The predicted octanol–water partition coefficient (Wildman–Crippen LogP) is 2.33. The molecule has 3 aliphatic rings. The third-order valence-corrected chi connectivity index (χ3v) is 5.50. The highest BCUT2D eigenvalue weighted by atomic mass is 16.7. The zero-order valence-corrected chi connectivity index (χ0v) is 12.4. The number of carbonyl (C=O) groups excluding carboxylic acids is 1. The molecular weight excluding hydrogens is 256 g/mol. The molecule has 2 saturated carbocycles. The first kappa shape index (κ1) is 13.8. The summed E-state index contributed by atoms with van der Waals surface area (Å²) in [6.45, 7) is 8.08. The Hall–Kier alpha value is -1.13. The van der Waals surface area contributed by atoms with Gasteiger partial charge in [-0.3, -0.25) is 0 Å². The molecule has 2 fully saturated rings. The van der Waals surface area contributed by atoms with Crippen molar-refractivity contribution < 1.29 is 19.4 Å². The third kappa shape index (κ3) is 1.64. The van der Waals surface area contributed by atoms with Gasteiger partial charge in [-0.15, -0.1) is 0 Å². The van der Waals surface area contributed by atoms with Gasteiger partial charge >= 0.3 is 5.97 Å². The summed E-state index contributed by atoms with van der Waals surface area (Å²) >= 11 is 0. The molecule has 110 valence electrons. The lowest BCUT2D eigenvalue weighted by atomic mass is 9.60. The highest BCUT2D eigenvalue weighted by molar-refractivity contribution is 5.86. The smallest absolute Gasteiger partial charge is 0.333 e. The van der Waals surface area contributed by atoms with Gasteiger partial charge in [-0.05, 0) is 43.6 Å². The maximum Gasteiger partial charge on any atom is 0.333 e. The van der Waals surface area contributed by atoms with E-state index in [9.17, 15) is 9.90 Å². The number of methoxy groups -OCH3 is 1. The van der Waals surface area contributed by atoms with Crippen LogP contribution < -0.4 is 0 Å². The highest BCUT2D eigenvalue weighted by Crippen LogP contribution is 2.59. The van der Waals surface area contributed by atoms with Crippen molar-refractivity contribution >= 4 is 5.97 Å². The Morgan fingerprint density at radius 1 is 1.45 bits per heavy atom. The lowest BCUT2D eigenvalue weighted by molar-refractivity contribution is -0.225. The number of hydrogen-bond acceptors (Lipinski definition) is 4. The fraction of sp³-hybridized carbons (Fsp3) is 0.688. The van der Waals surface area contributed by atoms with Crippen molar-refractivity contribution in [2.24, 2.45) is 11.3 Å². The molecule has 0 amide bonds. The maximum absolute atomic E-state index is 11.7. The van der Waals surface area contributed by atoms with Gasteiger partial charge in [0.2, 0.25) is 5.79 Å². The van der Waals surface area contributed by atoms with E-state index in [1.54, 1.807) is 20.1 Å². The molecule has 4 heteroatoms. The van der Waals surface area contributed by atoms with Crippen LogP contribution in [-0.4, -0.2) is 29.6 Å². The van der Waals surface area contributed by atoms with Crippen molar-refractivity contribution in [2.45, 2.75) is 50.9 Å². The summed E-state index contributed by atoms with van der Waals surface area (Å²) in [5, 5.41) is 10.7. The van der Waals surface area contributed by atoms with E-state index in [1.165, 1.54) is 0 Å². The van der Waals surface area contributed by atoms with Gasteiger partial charge < -0.3 is 14.6 Å². The summed E-state index contributed by atoms with van der Waals surface area (Å²) in [5.41, 5.74) is 0.701. The first-order valence-corrected chi connectivity index (χ1v) is 7.15. The van der Waals surface area contributed by atoms with Crippen LogP contribution in [0.2, 0.25) is 0 Å². The maximum atomic E-state index is 11.7. The van der Waals surface area contributed by atoms with E-state index in [0.29, 0.717) is 6.42 Å². The van der Waals surface area contributed by atoms with Crippen LogP contribution in [0.15, 0.2) is 23.8 Å². The Morgan fingerprint density at radius 2 is 2.15 bits per heavy atom. The molecule has 3 rings (SSSR count). The molecule has 0 aromatic carbocycles. The summed E-state index contributed by atoms with van der Waals surface area (Å²) < 4.78 is 11.2. The molecule has 4 atom stereocenters. The van der Waals surface area contributed by atoms with E-state index in [1.807, 2.05) is 0 Å². The van der Waals surface area contributed by atoms with Gasteiger partial charge in [0.1, 0.15) is 0 Å². The Morgan fingerprint density at radius 3 is 2.80 bits per heavy atom. The van der Waals surface area contributed by atoms with E-state index in [2.05, 4.69) is 13.5 Å². The number of carbonyl (C=O) groups is 1. The molecule has 1 unspecified atom stereocenters. The average molecular weight is 278 g/mol. The van der Waals surface area contributed by atoms with Crippen LogP contribution in [0.3, 0.4) is 0 Å². The van der Waals surface area contributed by atoms with Crippen molar-refractivity contribution in [3.05, 3.63) is 23.8 Å². The number of rotatable bonds is 1. The zero-order valence-electron chi connectivity index (χ0n) is 12.4. The van der Waals surface area contributed by atoms with Crippen LogP contribution in [0.4, 0.5) is 0 Å². The first-order chi connectivity index (χ1) is 9.23. The van der Waals surface area contributed by atoms with Crippen molar-refractivity contribution in [3.63, 3.8) is 0 Å². The van der Waals surface area contributed by atoms with Crippen LogP contribution in [0, 0.1) is 11.3 Å². The third-order valence-electron chi connectivity index (χ3n) is 5.50. The van der Waals surface area contributed by atoms with E-state index < -0.39 is 11.4 Å². The Kier molecular flexibility index (Phi) is 2.73. The monoisotopic (exact) mass is 278 g/mol. The molecule has 2 bridgehead atoms. The minimum atomic E-state index is -0.987. The van der Waals surface area contributed by atoms with Gasteiger partial charge in [-0.1, -0.05) is 13.5 Å². The molecule has 0 saturated heterocycles. The minimum Gasteiger partial charge on any atom is -0.425 e. The molecule has 2 aliphatic carbocycles. The van der Waals surface area contributed by atoms with Gasteiger partial charge in [0.15, 0.2) is 0 Å². The summed E-state index contributed by atoms with van der Waals surface area (Å²) in [5.74, 6) is -1.37. The summed E-state index contributed by atoms with van der Waals surface area (Å²) in [4.78, 5) is 11.7. The SMILES string of the molecule is C=C1[C@@]2(C)CCC3=CC(=O)O[C@]3(OC)C(C2)C[C@@]1(C)O. The van der Waals surface area contributed by atoms with Crippen LogP contribution in [-0.2, 0) is 14.3 Å². The standard InChI is InChI=1S/C16H22O4/c1-10-14(2)6-5-11-7-13(17)20-16(11,19-4)12(8-14)9-15(10,3)18/h7,12,18H,1,5-6,8-9H2,2-4H3/t12?,14-,15+,16-/m0/s1. The topological polar surface area (TPSA) is 55.8 Å². The fourth-order valence-electron chi connectivity index (χ4n) is 4.34. The van der Waals surface area contributed by atoms with E-state index >= 15 is 0 Å². The normalized spacial score (nSPS) is 47.4. The summed E-state index contributed by atoms with van der Waals surface area (Å²) in [7, 11) is 1.58. The minimum absolute atomic E-state index is 0.0433. The second kappa shape index (κ2) is 3.95. The number of esters is 1. The Bertz CT molecular complexity index is 519. The van der Waals surface area contributed by atoms with Crippen LogP contribution in [0.5, 0.6) is 0 Å². The number of hydrogen-bond donors (Lipinski definition) is 1. The molecule has 4 nitrogen and oxygen atoms in total. The first-order valence-electron chi connectivity index (χ1n) is 7.15. The van der Waals surface area contributed by atoms with Gasteiger partial charge in [-0.25, -0.2) is 4.79 Å². The van der Waals surface area contributed by atoms with Gasteiger partial charge in [0.25, 0.3) is 0 Å². The van der Waals surface area contributed by atoms with Gasteiger partial charge in [-0.2, -0.15) is 0 Å². The second-order valence-electron chi connectivity index (χ2n) is 6.88.